The molecule has 1 amide bonds. The maximum Gasteiger partial charge on any atom is 0.262 e. The molecule has 1 aliphatic carbocycles. The van der Waals surface area contributed by atoms with Crippen molar-refractivity contribution >= 4 is 61.2 Å². The van der Waals surface area contributed by atoms with Gasteiger partial charge in [-0.15, -0.1) is 11.3 Å². The van der Waals surface area contributed by atoms with E-state index in [-0.39, 0.29) is 17.6 Å². The fourth-order valence-corrected chi connectivity index (χ4v) is 7.35. The molecule has 0 spiro atoms. The number of nitrogens with two attached hydrogens (primary N) is 1. The van der Waals surface area contributed by atoms with E-state index in [4.69, 9.17) is 22.3 Å². The van der Waals surface area contributed by atoms with Crippen LogP contribution in [-0.4, -0.2) is 31.8 Å². The molecule has 4 aromatic heterocycles. The zero-order valence-corrected chi connectivity index (χ0v) is 23.0. The van der Waals surface area contributed by atoms with Crippen LogP contribution in [0.2, 0.25) is 5.02 Å². The molecule has 0 radical (unpaired) electrons. The van der Waals surface area contributed by atoms with Crippen LogP contribution >= 0.6 is 22.9 Å². The zero-order chi connectivity index (χ0) is 27.4. The van der Waals surface area contributed by atoms with Gasteiger partial charge in [0.15, 0.2) is 0 Å². The summed E-state index contributed by atoms with van der Waals surface area (Å²) in [4.78, 5) is 26.3. The van der Waals surface area contributed by atoms with Crippen LogP contribution < -0.4 is 11.1 Å². The first-order chi connectivity index (χ1) is 19.5. The molecule has 1 aliphatic rings. The lowest BCUT2D eigenvalue weighted by molar-refractivity contribution is 0.0947. The topological polar surface area (TPSA) is 101 Å². The summed E-state index contributed by atoms with van der Waals surface area (Å²) in [5.41, 5.74) is 9.96. The minimum Gasteiger partial charge on any atom is -0.382 e. The molecule has 4 heterocycles. The molecular weight excluding hydrogens is 547 g/mol. The summed E-state index contributed by atoms with van der Waals surface area (Å²) in [6.07, 6.45) is 7.50. The number of para-hydroxylation sites is 1. The number of imidazole rings is 1. The van der Waals surface area contributed by atoms with Crippen molar-refractivity contribution in [3.05, 3.63) is 82.5 Å². The van der Waals surface area contributed by atoms with Crippen molar-refractivity contribution in [3.63, 3.8) is 0 Å². The maximum atomic E-state index is 13.6. The molecule has 4 N–H and O–H groups in total. The maximum absolute atomic E-state index is 13.6. The predicted molar refractivity (Wildman–Crippen MR) is 159 cm³/mol. The molecule has 0 unspecified atom stereocenters. The molecular formula is C30H26ClFN6OS. The number of hydrogen-bond acceptors (Lipinski definition) is 5. The lowest BCUT2D eigenvalue weighted by Crippen LogP contribution is -2.31. The molecule has 1 saturated carbocycles. The van der Waals surface area contributed by atoms with Crippen LogP contribution in [0.1, 0.15) is 47.1 Å². The monoisotopic (exact) mass is 572 g/mol. The van der Waals surface area contributed by atoms with E-state index in [1.54, 1.807) is 12.3 Å². The summed E-state index contributed by atoms with van der Waals surface area (Å²) in [7, 11) is 0. The number of H-pyrrole nitrogens is 1. The summed E-state index contributed by atoms with van der Waals surface area (Å²) in [5.74, 6) is 1.52. The Morgan fingerprint density at radius 3 is 2.83 bits per heavy atom. The Labute approximate surface area is 238 Å². The van der Waals surface area contributed by atoms with Gasteiger partial charge in [0.2, 0.25) is 0 Å². The first-order valence-electron chi connectivity index (χ1n) is 13.3. The van der Waals surface area contributed by atoms with Crippen LogP contribution in [0.5, 0.6) is 0 Å². The molecule has 40 heavy (non-hydrogen) atoms. The van der Waals surface area contributed by atoms with E-state index in [0.717, 1.165) is 59.3 Å². The van der Waals surface area contributed by atoms with Gasteiger partial charge in [-0.25, -0.2) is 14.4 Å². The van der Waals surface area contributed by atoms with Crippen LogP contribution in [0.25, 0.3) is 37.9 Å². The van der Waals surface area contributed by atoms with Crippen molar-refractivity contribution in [2.45, 2.75) is 31.6 Å². The Morgan fingerprint density at radius 2 is 2.00 bits per heavy atom. The number of nitrogens with zero attached hydrogens (tertiary/aromatic N) is 3. The van der Waals surface area contributed by atoms with Crippen LogP contribution in [0.15, 0.2) is 60.9 Å². The second-order valence-electron chi connectivity index (χ2n) is 10.4. The standard InChI is InChI=1S/C30H26ClFN6OS/c31-24-20-10-9-19(32)14-23(20)40-27(24)30(39)35-15-16-5-7-17(8-6-16)29-37-25(26-28(33)34-11-12-38(26)29)22-13-18-3-1-2-4-21(18)36-22/h1-4,9-14,16-17,36H,5-8,15H2,(H2,33,34)(H,35,39). The number of amides is 1. The largest absolute Gasteiger partial charge is 0.382 e. The summed E-state index contributed by atoms with van der Waals surface area (Å²) in [6.45, 7) is 0.573. The smallest absolute Gasteiger partial charge is 0.262 e. The van der Waals surface area contributed by atoms with E-state index >= 15 is 0 Å². The van der Waals surface area contributed by atoms with E-state index in [9.17, 15) is 9.18 Å². The van der Waals surface area contributed by atoms with Crippen LogP contribution in [0.4, 0.5) is 10.2 Å². The molecule has 6 aromatic rings. The molecule has 7 nitrogen and oxygen atoms in total. The Kier molecular flexibility index (Phi) is 6.20. The number of fused-ring (bicyclic) bond motifs is 3. The number of carbonyl (C=O) groups excluding carboxylic acids is 1. The lowest BCUT2D eigenvalue weighted by atomic mass is 9.81. The molecule has 1 fully saturated rings. The second kappa shape index (κ2) is 9.91. The number of nitrogen functional groups attached to an aromatic ring is 1. The average molecular weight is 573 g/mol. The number of rotatable bonds is 5. The highest BCUT2D eigenvalue weighted by Gasteiger charge is 2.28. The molecule has 2 aromatic carbocycles. The molecule has 0 saturated heterocycles. The molecule has 0 aliphatic heterocycles. The number of anilines is 1. The quantitative estimate of drug-likeness (QED) is 0.204. The fourth-order valence-electron chi connectivity index (χ4n) is 5.89. The summed E-state index contributed by atoms with van der Waals surface area (Å²) in [6, 6.07) is 14.6. The van der Waals surface area contributed by atoms with Crippen LogP contribution in [0, 0.1) is 11.7 Å². The second-order valence-corrected chi connectivity index (χ2v) is 11.9. The highest BCUT2D eigenvalue weighted by Crippen LogP contribution is 2.39. The molecule has 10 heteroatoms. The van der Waals surface area contributed by atoms with Crippen molar-refractivity contribution in [2.75, 3.05) is 12.3 Å². The van der Waals surface area contributed by atoms with Crippen LogP contribution in [-0.2, 0) is 0 Å². The number of benzene rings is 2. The summed E-state index contributed by atoms with van der Waals surface area (Å²) in [5, 5.41) is 5.26. The van der Waals surface area contributed by atoms with Gasteiger partial charge in [-0.1, -0.05) is 29.8 Å². The van der Waals surface area contributed by atoms with Crippen molar-refractivity contribution < 1.29 is 9.18 Å². The van der Waals surface area contributed by atoms with E-state index in [2.05, 4.69) is 31.8 Å². The van der Waals surface area contributed by atoms with Crippen molar-refractivity contribution in [1.82, 2.24) is 24.7 Å². The Morgan fingerprint density at radius 1 is 1.18 bits per heavy atom. The Balaban J connectivity index is 1.07. The zero-order valence-electron chi connectivity index (χ0n) is 21.5. The normalized spacial score (nSPS) is 17.6. The summed E-state index contributed by atoms with van der Waals surface area (Å²) < 4.78 is 16.4. The number of aromatic amines is 1. The molecule has 202 valence electrons. The van der Waals surface area contributed by atoms with Gasteiger partial charge < -0.3 is 16.0 Å². The van der Waals surface area contributed by atoms with Gasteiger partial charge in [0.25, 0.3) is 5.91 Å². The highest BCUT2D eigenvalue weighted by molar-refractivity contribution is 7.21. The van der Waals surface area contributed by atoms with Gasteiger partial charge in [0, 0.05) is 45.8 Å². The van der Waals surface area contributed by atoms with Gasteiger partial charge in [-0.05, 0) is 61.9 Å². The molecule has 0 atom stereocenters. The number of halogens is 2. The fraction of sp³-hybridized carbons (Fsp3) is 0.233. The first-order valence-corrected chi connectivity index (χ1v) is 14.5. The van der Waals surface area contributed by atoms with E-state index in [1.807, 2.05) is 24.4 Å². The third-order valence-electron chi connectivity index (χ3n) is 7.96. The average Bonchev–Trinajstić information content (AvgIpc) is 3.66. The SMILES string of the molecule is Nc1nccn2c(C3CCC(CNC(=O)c4sc5cc(F)ccc5c4Cl)CC3)nc(-c3cc4ccccc4[nH]3)c12. The van der Waals surface area contributed by atoms with Gasteiger partial charge in [-0.3, -0.25) is 9.20 Å². The van der Waals surface area contributed by atoms with Crippen LogP contribution in [0.3, 0.4) is 0 Å². The number of carbonyl (C=O) groups is 1. The number of nitrogens with one attached hydrogen (secondary N) is 2. The summed E-state index contributed by atoms with van der Waals surface area (Å²) >= 11 is 7.66. The van der Waals surface area contributed by atoms with E-state index < -0.39 is 0 Å². The predicted octanol–water partition coefficient (Wildman–Crippen LogP) is 7.17. The third kappa shape index (κ3) is 4.30. The minimum atomic E-state index is -0.341. The molecule has 0 bridgehead atoms. The van der Waals surface area contributed by atoms with Gasteiger partial charge in [0.05, 0.1) is 10.7 Å². The van der Waals surface area contributed by atoms with Crippen molar-refractivity contribution in [3.8, 4) is 11.4 Å². The number of thiophene rings is 1. The lowest BCUT2D eigenvalue weighted by Gasteiger charge is -2.28. The van der Waals surface area contributed by atoms with Gasteiger partial charge >= 0.3 is 0 Å². The number of aromatic nitrogens is 4. The molecule has 7 rings (SSSR count). The van der Waals surface area contributed by atoms with E-state index in [0.29, 0.717) is 38.3 Å². The minimum absolute atomic E-state index is 0.209. The van der Waals surface area contributed by atoms with Crippen molar-refractivity contribution in [1.29, 1.82) is 0 Å². The van der Waals surface area contributed by atoms with Gasteiger partial charge in [-0.2, -0.15) is 0 Å². The highest BCUT2D eigenvalue weighted by atomic mass is 35.5. The van der Waals surface area contributed by atoms with Gasteiger partial charge in [0.1, 0.15) is 33.5 Å². The van der Waals surface area contributed by atoms with Crippen molar-refractivity contribution in [2.24, 2.45) is 5.92 Å². The first kappa shape index (κ1) is 25.0. The Hall–Kier alpha value is -3.95. The Bertz CT molecular complexity index is 1870. The number of hydrogen-bond donors (Lipinski definition) is 3. The van der Waals surface area contributed by atoms with E-state index in [1.165, 1.54) is 23.5 Å². The third-order valence-corrected chi connectivity index (χ3v) is 9.61.